The van der Waals surface area contributed by atoms with Gasteiger partial charge in [0.25, 0.3) is 0 Å². The third-order valence-electron chi connectivity index (χ3n) is 4.01. The van der Waals surface area contributed by atoms with Crippen molar-refractivity contribution in [1.29, 1.82) is 0 Å². The molecule has 1 amide bonds. The summed E-state index contributed by atoms with van der Waals surface area (Å²) in [6, 6.07) is 6.95. The SMILES string of the molecule is CCN(Cc1ccc(Cl)s1)C(=O)CCc1ncc(-c2ccc(F)cc2F)o1. The molecular formula is C19H17ClF2N2O2S. The van der Waals surface area contributed by atoms with Gasteiger partial charge in [-0.1, -0.05) is 11.6 Å². The molecule has 0 radical (unpaired) electrons. The average Bonchev–Trinajstić information content (AvgIpc) is 3.26. The lowest BCUT2D eigenvalue weighted by atomic mass is 10.2. The van der Waals surface area contributed by atoms with Crippen molar-refractivity contribution in [2.45, 2.75) is 26.3 Å². The maximum atomic E-state index is 13.8. The number of nitrogens with zero attached hydrogens (tertiary/aromatic N) is 2. The molecule has 2 heterocycles. The van der Waals surface area contributed by atoms with E-state index in [-0.39, 0.29) is 23.7 Å². The number of halogens is 3. The Morgan fingerprint density at radius 3 is 2.78 bits per heavy atom. The fourth-order valence-electron chi connectivity index (χ4n) is 2.61. The number of amides is 1. The second-order valence-corrected chi connectivity index (χ2v) is 7.66. The molecule has 4 nitrogen and oxygen atoms in total. The van der Waals surface area contributed by atoms with Gasteiger partial charge in [-0.15, -0.1) is 11.3 Å². The highest BCUT2D eigenvalue weighted by Gasteiger charge is 2.16. The molecule has 0 spiro atoms. The van der Waals surface area contributed by atoms with Crippen LogP contribution in [-0.4, -0.2) is 22.3 Å². The fourth-order valence-corrected chi connectivity index (χ4v) is 3.72. The summed E-state index contributed by atoms with van der Waals surface area (Å²) in [5.74, 6) is -0.878. The second-order valence-electron chi connectivity index (χ2n) is 5.86. The van der Waals surface area contributed by atoms with Crippen molar-refractivity contribution < 1.29 is 18.0 Å². The number of hydrogen-bond donors (Lipinski definition) is 0. The standard InChI is InChI=1S/C19H17ClF2N2O2S/c1-2-24(11-13-4-6-17(20)27-13)19(25)8-7-18-23-10-16(26-18)14-5-3-12(21)9-15(14)22/h3-6,9-10H,2,7-8,11H2,1H3. The normalized spacial score (nSPS) is 11.0. The summed E-state index contributed by atoms with van der Waals surface area (Å²) in [5.41, 5.74) is 0.131. The van der Waals surface area contributed by atoms with Crippen LogP contribution in [0.4, 0.5) is 8.78 Å². The van der Waals surface area contributed by atoms with Crippen LogP contribution in [0.1, 0.15) is 24.1 Å². The minimum Gasteiger partial charge on any atom is -0.441 e. The van der Waals surface area contributed by atoms with Gasteiger partial charge in [-0.2, -0.15) is 0 Å². The molecule has 0 saturated heterocycles. The predicted octanol–water partition coefficient (Wildman–Crippen LogP) is 5.32. The monoisotopic (exact) mass is 410 g/mol. The first-order valence-corrected chi connectivity index (χ1v) is 9.58. The van der Waals surface area contributed by atoms with Gasteiger partial charge >= 0.3 is 0 Å². The van der Waals surface area contributed by atoms with Crippen molar-refractivity contribution in [2.24, 2.45) is 0 Å². The molecule has 0 aliphatic heterocycles. The minimum absolute atomic E-state index is 0.0327. The maximum absolute atomic E-state index is 13.8. The van der Waals surface area contributed by atoms with E-state index < -0.39 is 11.6 Å². The van der Waals surface area contributed by atoms with Crippen molar-refractivity contribution in [3.8, 4) is 11.3 Å². The van der Waals surface area contributed by atoms with Crippen molar-refractivity contribution in [3.05, 3.63) is 63.3 Å². The Morgan fingerprint density at radius 1 is 1.30 bits per heavy atom. The molecule has 0 aliphatic carbocycles. The maximum Gasteiger partial charge on any atom is 0.223 e. The van der Waals surface area contributed by atoms with E-state index in [0.29, 0.717) is 29.7 Å². The molecule has 2 aromatic heterocycles. The third kappa shape index (κ3) is 4.93. The molecule has 27 heavy (non-hydrogen) atoms. The third-order valence-corrected chi connectivity index (χ3v) is 5.23. The number of carbonyl (C=O) groups excluding carboxylic acids is 1. The van der Waals surface area contributed by atoms with Crippen molar-refractivity contribution in [3.63, 3.8) is 0 Å². The number of rotatable bonds is 7. The van der Waals surface area contributed by atoms with Gasteiger partial charge in [-0.05, 0) is 31.2 Å². The topological polar surface area (TPSA) is 46.3 Å². The molecule has 0 atom stereocenters. The number of aryl methyl sites for hydroxylation is 1. The van der Waals surface area contributed by atoms with E-state index in [2.05, 4.69) is 4.98 Å². The highest BCUT2D eigenvalue weighted by molar-refractivity contribution is 7.16. The van der Waals surface area contributed by atoms with E-state index in [0.717, 1.165) is 17.0 Å². The fraction of sp³-hybridized carbons (Fsp3) is 0.263. The van der Waals surface area contributed by atoms with E-state index >= 15 is 0 Å². The number of hydrogen-bond acceptors (Lipinski definition) is 4. The van der Waals surface area contributed by atoms with Crippen LogP contribution in [0.25, 0.3) is 11.3 Å². The lowest BCUT2D eigenvalue weighted by Gasteiger charge is -2.19. The van der Waals surface area contributed by atoms with Crippen LogP contribution in [0.2, 0.25) is 4.34 Å². The Kier molecular flexibility index (Phi) is 6.23. The van der Waals surface area contributed by atoms with Gasteiger partial charge in [0.1, 0.15) is 11.6 Å². The second kappa shape index (κ2) is 8.63. The lowest BCUT2D eigenvalue weighted by Crippen LogP contribution is -2.30. The molecule has 8 heteroatoms. The van der Waals surface area contributed by atoms with Gasteiger partial charge in [-0.25, -0.2) is 13.8 Å². The molecule has 0 saturated carbocycles. The van der Waals surface area contributed by atoms with Crippen LogP contribution < -0.4 is 0 Å². The Morgan fingerprint density at radius 2 is 2.11 bits per heavy atom. The molecular weight excluding hydrogens is 394 g/mol. The van der Waals surface area contributed by atoms with Gasteiger partial charge < -0.3 is 9.32 Å². The molecule has 3 aromatic rings. The summed E-state index contributed by atoms with van der Waals surface area (Å²) in [5, 5.41) is 0. The van der Waals surface area contributed by atoms with Gasteiger partial charge in [0.15, 0.2) is 11.7 Å². The number of carbonyl (C=O) groups is 1. The van der Waals surface area contributed by atoms with Crippen molar-refractivity contribution in [1.82, 2.24) is 9.88 Å². The largest absolute Gasteiger partial charge is 0.441 e. The highest BCUT2D eigenvalue weighted by atomic mass is 35.5. The summed E-state index contributed by atoms with van der Waals surface area (Å²) in [4.78, 5) is 19.3. The smallest absolute Gasteiger partial charge is 0.223 e. The van der Waals surface area contributed by atoms with E-state index in [1.807, 2.05) is 19.1 Å². The minimum atomic E-state index is -0.722. The number of thiophene rings is 1. The summed E-state index contributed by atoms with van der Waals surface area (Å²) in [6.45, 7) is 2.99. The Balaban J connectivity index is 1.61. The van der Waals surface area contributed by atoms with Gasteiger partial charge in [0, 0.05) is 30.3 Å². The van der Waals surface area contributed by atoms with Crippen LogP contribution in [-0.2, 0) is 17.8 Å². The summed E-state index contributed by atoms with van der Waals surface area (Å²) < 4.78 is 33.0. The Bertz CT molecular complexity index is 941. The van der Waals surface area contributed by atoms with E-state index in [1.54, 1.807) is 4.90 Å². The first-order chi connectivity index (χ1) is 13.0. The average molecular weight is 411 g/mol. The highest BCUT2D eigenvalue weighted by Crippen LogP contribution is 2.25. The number of benzene rings is 1. The first-order valence-electron chi connectivity index (χ1n) is 8.38. The zero-order valence-electron chi connectivity index (χ0n) is 14.5. The Labute approximate surface area is 164 Å². The van der Waals surface area contributed by atoms with E-state index in [1.165, 1.54) is 23.6 Å². The van der Waals surface area contributed by atoms with Crippen LogP contribution in [0.15, 0.2) is 40.9 Å². The molecule has 0 fully saturated rings. The van der Waals surface area contributed by atoms with Gasteiger partial charge in [0.05, 0.1) is 22.6 Å². The molecule has 0 unspecified atom stereocenters. The van der Waals surface area contributed by atoms with Gasteiger partial charge in [-0.3, -0.25) is 4.79 Å². The van der Waals surface area contributed by atoms with Crippen LogP contribution in [0, 0.1) is 11.6 Å². The molecule has 0 bridgehead atoms. The predicted molar refractivity (Wildman–Crippen MR) is 101 cm³/mol. The zero-order valence-corrected chi connectivity index (χ0v) is 16.1. The number of oxazole rings is 1. The molecule has 1 aromatic carbocycles. The lowest BCUT2D eigenvalue weighted by molar-refractivity contribution is -0.131. The summed E-state index contributed by atoms with van der Waals surface area (Å²) in [7, 11) is 0. The molecule has 0 aliphatic rings. The summed E-state index contributed by atoms with van der Waals surface area (Å²) >= 11 is 7.37. The summed E-state index contributed by atoms with van der Waals surface area (Å²) in [6.07, 6.45) is 1.89. The van der Waals surface area contributed by atoms with Crippen molar-refractivity contribution >= 4 is 28.8 Å². The zero-order chi connectivity index (χ0) is 19.4. The first kappa shape index (κ1) is 19.5. The van der Waals surface area contributed by atoms with E-state index in [4.69, 9.17) is 16.0 Å². The van der Waals surface area contributed by atoms with E-state index in [9.17, 15) is 13.6 Å². The molecule has 142 valence electrons. The quantitative estimate of drug-likeness (QED) is 0.529. The van der Waals surface area contributed by atoms with Crippen LogP contribution >= 0.6 is 22.9 Å². The number of aromatic nitrogens is 1. The van der Waals surface area contributed by atoms with Crippen molar-refractivity contribution in [2.75, 3.05) is 6.54 Å². The Hall–Kier alpha value is -2.25. The van der Waals surface area contributed by atoms with Gasteiger partial charge in [0.2, 0.25) is 5.91 Å². The molecule has 3 rings (SSSR count). The molecule has 0 N–H and O–H groups in total. The van der Waals surface area contributed by atoms with Crippen LogP contribution in [0.5, 0.6) is 0 Å². The van der Waals surface area contributed by atoms with Crippen LogP contribution in [0.3, 0.4) is 0 Å².